The lowest BCUT2D eigenvalue weighted by Gasteiger charge is -2.19. The molecule has 0 aromatic rings. The van der Waals surface area contributed by atoms with E-state index in [1.807, 2.05) is 27.7 Å². The van der Waals surface area contributed by atoms with Gasteiger partial charge >= 0.3 is 0 Å². The van der Waals surface area contributed by atoms with Gasteiger partial charge in [0.15, 0.2) is 5.78 Å². The molecule has 0 bridgehead atoms. The summed E-state index contributed by atoms with van der Waals surface area (Å²) >= 11 is 0. The lowest BCUT2D eigenvalue weighted by Crippen LogP contribution is -2.44. The second-order valence-corrected chi connectivity index (χ2v) is 14.0. The summed E-state index contributed by atoms with van der Waals surface area (Å²) in [6, 6.07) is -0.224. The van der Waals surface area contributed by atoms with Crippen LogP contribution in [0.3, 0.4) is 0 Å². The molecule has 0 aliphatic rings. The van der Waals surface area contributed by atoms with Crippen molar-refractivity contribution in [3.05, 3.63) is 0 Å². The highest BCUT2D eigenvalue weighted by Gasteiger charge is 2.19. The molecule has 3 amide bonds. The Balaban J connectivity index is 4.08. The summed E-state index contributed by atoms with van der Waals surface area (Å²) in [5, 5.41) is 9.44. The molecule has 226 valence electrons. The van der Waals surface area contributed by atoms with Crippen molar-refractivity contribution in [3.8, 4) is 0 Å². The number of nitrogens with one attached hydrogen (secondary N) is 3. The summed E-state index contributed by atoms with van der Waals surface area (Å²) in [5.74, 6) is -0.430. The Kier molecular flexibility index (Phi) is 20.3. The van der Waals surface area contributed by atoms with Gasteiger partial charge in [-0.3, -0.25) is 24.0 Å². The maximum absolute atomic E-state index is 12.4. The van der Waals surface area contributed by atoms with Crippen LogP contribution in [-0.2, 0) is 24.0 Å². The van der Waals surface area contributed by atoms with Gasteiger partial charge in [-0.1, -0.05) is 63.1 Å². The Morgan fingerprint density at radius 1 is 0.795 bits per heavy atom. The second-order valence-electron chi connectivity index (χ2n) is 10.9. The van der Waals surface area contributed by atoms with Crippen LogP contribution in [0, 0.1) is 5.92 Å². The normalized spacial score (nSPS) is 13.6. The zero-order valence-corrected chi connectivity index (χ0v) is 26.9. The van der Waals surface area contributed by atoms with E-state index in [4.69, 9.17) is 0 Å². The molecule has 0 aliphatic heterocycles. The van der Waals surface area contributed by atoms with Crippen molar-refractivity contribution in [3.63, 3.8) is 0 Å². The molecule has 2 unspecified atom stereocenters. The first-order valence-electron chi connectivity index (χ1n) is 14.1. The van der Waals surface area contributed by atoms with E-state index in [-0.39, 0.29) is 53.4 Å². The largest absolute Gasteiger partial charge is 0.355 e. The molecule has 0 aliphatic carbocycles. The third kappa shape index (κ3) is 20.0. The molecule has 0 heterocycles. The number of hydrogen-bond donors (Lipinski definition) is 3. The van der Waals surface area contributed by atoms with E-state index in [0.29, 0.717) is 49.9 Å². The Bertz CT molecular complexity index is 779. The maximum Gasteiger partial charge on any atom is 0.240 e. The van der Waals surface area contributed by atoms with Crippen molar-refractivity contribution in [1.29, 1.82) is 0 Å². The minimum atomic E-state index is -0.592. The first kappa shape index (κ1) is 37.4. The predicted molar refractivity (Wildman–Crippen MR) is 163 cm³/mol. The average Bonchev–Trinajstić information content (AvgIpc) is 2.86. The zero-order chi connectivity index (χ0) is 30.0. The van der Waals surface area contributed by atoms with Gasteiger partial charge in [0.25, 0.3) is 0 Å². The minimum Gasteiger partial charge on any atom is -0.355 e. The molecular formula is C28H52N4O5S2. The lowest BCUT2D eigenvalue weighted by molar-refractivity contribution is -0.135. The summed E-state index contributed by atoms with van der Waals surface area (Å²) in [4.78, 5) is 62.1. The van der Waals surface area contributed by atoms with E-state index in [9.17, 15) is 24.0 Å². The first-order chi connectivity index (χ1) is 18.2. The molecule has 0 aromatic heterocycles. The van der Waals surface area contributed by atoms with Crippen LogP contribution in [-0.4, -0.2) is 83.5 Å². The SMILES string of the molecule is CC(C)NCCCC(=O)[C@H](C)NC(=O)CN(C)C(=O)CCCC(=O)CCC(C)SSC(C)CNC(=O)C(C)C. The highest BCUT2D eigenvalue weighted by atomic mass is 33.1. The van der Waals surface area contributed by atoms with Gasteiger partial charge in [-0.25, -0.2) is 0 Å². The van der Waals surface area contributed by atoms with Crippen molar-refractivity contribution >= 4 is 50.9 Å². The van der Waals surface area contributed by atoms with Crippen molar-refractivity contribution in [2.24, 2.45) is 5.92 Å². The number of ketones is 2. The van der Waals surface area contributed by atoms with Gasteiger partial charge in [0.1, 0.15) is 5.78 Å². The van der Waals surface area contributed by atoms with Gasteiger partial charge in [-0.05, 0) is 32.7 Å². The standard InChI is InChI=1S/C28H52N4O5S2/c1-19(2)28(37)30-17-22(6)39-38-21(5)14-15-24(33)11-9-13-27(36)32(8)18-26(35)31-23(7)25(34)12-10-16-29-20(3)4/h19-23,29H,9-18H2,1-8H3,(H,30,37)(H,31,35)/t21?,22?,23-/m0/s1. The van der Waals surface area contributed by atoms with Crippen molar-refractivity contribution in [2.75, 3.05) is 26.7 Å². The van der Waals surface area contributed by atoms with E-state index in [0.717, 1.165) is 13.0 Å². The molecule has 0 rings (SSSR count). The number of rotatable bonds is 22. The molecule has 0 radical (unpaired) electrons. The van der Waals surface area contributed by atoms with Gasteiger partial charge < -0.3 is 20.9 Å². The number of carbonyl (C=O) groups is 5. The topological polar surface area (TPSA) is 125 Å². The quantitative estimate of drug-likeness (QED) is 0.129. The molecule has 3 N–H and O–H groups in total. The Morgan fingerprint density at radius 2 is 1.44 bits per heavy atom. The third-order valence-electron chi connectivity index (χ3n) is 5.97. The fourth-order valence-corrected chi connectivity index (χ4v) is 5.75. The van der Waals surface area contributed by atoms with Gasteiger partial charge in [-0.15, -0.1) is 0 Å². The third-order valence-corrected chi connectivity index (χ3v) is 9.44. The van der Waals surface area contributed by atoms with E-state index in [1.54, 1.807) is 35.6 Å². The Morgan fingerprint density at radius 3 is 2.05 bits per heavy atom. The fourth-order valence-electron chi connectivity index (χ4n) is 3.38. The molecule has 0 spiro atoms. The number of hydrogen-bond acceptors (Lipinski definition) is 8. The van der Waals surface area contributed by atoms with Crippen molar-refractivity contribution < 1.29 is 24.0 Å². The van der Waals surface area contributed by atoms with Crippen LogP contribution in [0.5, 0.6) is 0 Å². The smallest absolute Gasteiger partial charge is 0.240 e. The number of carbonyl (C=O) groups excluding carboxylic acids is 5. The molecule has 0 aromatic carbocycles. The van der Waals surface area contributed by atoms with Crippen LogP contribution >= 0.6 is 21.6 Å². The van der Waals surface area contributed by atoms with E-state index in [2.05, 4.69) is 29.8 Å². The number of nitrogens with zero attached hydrogens (tertiary/aromatic N) is 1. The van der Waals surface area contributed by atoms with Crippen LogP contribution in [0.25, 0.3) is 0 Å². The number of likely N-dealkylation sites (N-methyl/N-ethyl adjacent to an activating group) is 1. The summed E-state index contributed by atoms with van der Waals surface area (Å²) in [6.45, 7) is 14.9. The molecule has 39 heavy (non-hydrogen) atoms. The van der Waals surface area contributed by atoms with Crippen LogP contribution in [0.4, 0.5) is 0 Å². The van der Waals surface area contributed by atoms with Crippen LogP contribution < -0.4 is 16.0 Å². The van der Waals surface area contributed by atoms with Crippen LogP contribution in [0.1, 0.15) is 93.4 Å². The Labute approximate surface area is 243 Å². The molecule has 9 nitrogen and oxygen atoms in total. The summed E-state index contributed by atoms with van der Waals surface area (Å²) in [6.07, 6.45) is 3.32. The van der Waals surface area contributed by atoms with E-state index < -0.39 is 6.04 Å². The monoisotopic (exact) mass is 588 g/mol. The Hall–Kier alpha value is -1.59. The predicted octanol–water partition coefficient (Wildman–Crippen LogP) is 3.75. The molecule has 0 fully saturated rings. The number of Topliss-reactive ketones (excluding diaryl/α,β-unsaturated/α-hetero) is 2. The highest BCUT2D eigenvalue weighted by Crippen LogP contribution is 2.32. The van der Waals surface area contributed by atoms with E-state index >= 15 is 0 Å². The van der Waals surface area contributed by atoms with Gasteiger partial charge in [0.2, 0.25) is 17.7 Å². The van der Waals surface area contributed by atoms with Crippen molar-refractivity contribution in [2.45, 2.75) is 116 Å². The first-order valence-corrected chi connectivity index (χ1v) is 16.4. The average molecular weight is 589 g/mol. The van der Waals surface area contributed by atoms with Gasteiger partial charge in [0, 0.05) is 61.7 Å². The maximum atomic E-state index is 12.4. The number of amides is 3. The minimum absolute atomic E-state index is 0.0204. The van der Waals surface area contributed by atoms with Gasteiger partial charge in [-0.2, -0.15) is 0 Å². The van der Waals surface area contributed by atoms with E-state index in [1.165, 1.54) is 4.90 Å². The molecular weight excluding hydrogens is 536 g/mol. The van der Waals surface area contributed by atoms with Gasteiger partial charge in [0.05, 0.1) is 12.6 Å². The molecule has 0 saturated heterocycles. The summed E-state index contributed by atoms with van der Waals surface area (Å²) in [5.41, 5.74) is 0. The fraction of sp³-hybridized carbons (Fsp3) is 0.821. The molecule has 11 heteroatoms. The summed E-state index contributed by atoms with van der Waals surface area (Å²) < 4.78 is 0. The molecule has 0 saturated carbocycles. The lowest BCUT2D eigenvalue weighted by atomic mass is 10.1. The highest BCUT2D eigenvalue weighted by molar-refractivity contribution is 8.77. The second kappa shape index (κ2) is 21.2. The van der Waals surface area contributed by atoms with Crippen LogP contribution in [0.15, 0.2) is 0 Å². The molecule has 3 atom stereocenters. The summed E-state index contributed by atoms with van der Waals surface area (Å²) in [7, 11) is 5.00. The van der Waals surface area contributed by atoms with Crippen molar-refractivity contribution in [1.82, 2.24) is 20.9 Å². The van der Waals surface area contributed by atoms with Crippen LogP contribution in [0.2, 0.25) is 0 Å². The zero-order valence-electron chi connectivity index (χ0n) is 25.3.